The van der Waals surface area contributed by atoms with E-state index in [2.05, 4.69) is 28.5 Å². The van der Waals surface area contributed by atoms with Crippen molar-refractivity contribution in [1.82, 2.24) is 4.57 Å². The van der Waals surface area contributed by atoms with E-state index in [4.69, 9.17) is 30.4 Å². The van der Waals surface area contributed by atoms with Crippen molar-refractivity contribution in [1.29, 1.82) is 0 Å². The maximum absolute atomic E-state index is 14.2. The Morgan fingerprint density at radius 1 is 1.09 bits per heavy atom. The first-order valence-electron chi connectivity index (χ1n) is 13.8. The van der Waals surface area contributed by atoms with Crippen LogP contribution < -0.4 is 29.1 Å². The van der Waals surface area contributed by atoms with Gasteiger partial charge in [0.15, 0.2) is 16.3 Å². The molecule has 44 heavy (non-hydrogen) atoms. The molecule has 10 heteroatoms. The summed E-state index contributed by atoms with van der Waals surface area (Å²) in [5, 5.41) is 0. The number of carbonyl (C=O) groups is 1. The van der Waals surface area contributed by atoms with Crippen LogP contribution in [0, 0.1) is 15.9 Å². The molecule has 1 atom stereocenters. The zero-order chi connectivity index (χ0) is 31.2. The van der Waals surface area contributed by atoms with Crippen LogP contribution in [0.4, 0.5) is 0 Å². The largest absolute Gasteiger partial charge is 0.494 e. The molecule has 0 saturated carbocycles. The minimum atomic E-state index is -0.785. The number of nitrogens with zero attached hydrogens (tertiary/aromatic N) is 2. The van der Waals surface area contributed by atoms with Crippen molar-refractivity contribution in [2.24, 2.45) is 4.99 Å². The lowest BCUT2D eigenvalue weighted by Crippen LogP contribution is -2.40. The predicted molar refractivity (Wildman–Crippen MR) is 179 cm³/mol. The molecule has 1 aliphatic heterocycles. The second kappa shape index (κ2) is 14.0. The van der Waals surface area contributed by atoms with Gasteiger partial charge in [0, 0.05) is 5.56 Å². The van der Waals surface area contributed by atoms with E-state index in [0.29, 0.717) is 38.9 Å². The van der Waals surface area contributed by atoms with Crippen molar-refractivity contribution >= 4 is 51.7 Å². The van der Waals surface area contributed by atoms with Crippen LogP contribution in [0.3, 0.4) is 0 Å². The van der Waals surface area contributed by atoms with E-state index in [9.17, 15) is 9.59 Å². The zero-order valence-corrected chi connectivity index (χ0v) is 27.3. The summed E-state index contributed by atoms with van der Waals surface area (Å²) < 4.78 is 25.2. The maximum atomic E-state index is 14.2. The van der Waals surface area contributed by atoms with Crippen molar-refractivity contribution in [2.45, 2.75) is 19.9 Å². The summed E-state index contributed by atoms with van der Waals surface area (Å²) in [6.45, 7) is 4.45. The van der Waals surface area contributed by atoms with Gasteiger partial charge < -0.3 is 18.9 Å². The molecule has 5 rings (SSSR count). The Morgan fingerprint density at radius 3 is 2.50 bits per heavy atom. The summed E-state index contributed by atoms with van der Waals surface area (Å²) in [4.78, 5) is 33.2. The number of ether oxygens (including phenoxy) is 4. The predicted octanol–water partition coefficient (Wildman–Crippen LogP) is 4.96. The molecule has 0 aliphatic carbocycles. The number of rotatable bonds is 10. The van der Waals surface area contributed by atoms with Crippen LogP contribution in [0.15, 0.2) is 82.1 Å². The highest BCUT2D eigenvalue weighted by atomic mass is 127. The molecule has 2 heterocycles. The fourth-order valence-electron chi connectivity index (χ4n) is 4.90. The summed E-state index contributed by atoms with van der Waals surface area (Å²) in [5.41, 5.74) is 2.65. The molecule has 4 aromatic rings. The van der Waals surface area contributed by atoms with Crippen LogP contribution in [0.1, 0.15) is 36.6 Å². The third-order valence-corrected chi connectivity index (χ3v) is 8.51. The van der Waals surface area contributed by atoms with Crippen molar-refractivity contribution in [3.05, 3.63) is 112 Å². The zero-order valence-electron chi connectivity index (χ0n) is 24.3. The Labute approximate surface area is 272 Å². The molecule has 0 spiro atoms. The van der Waals surface area contributed by atoms with E-state index >= 15 is 0 Å². The molecule has 3 aromatic carbocycles. The number of halogens is 1. The minimum absolute atomic E-state index is 0.0996. The lowest BCUT2D eigenvalue weighted by Gasteiger charge is -2.26. The van der Waals surface area contributed by atoms with Crippen molar-refractivity contribution in [2.75, 3.05) is 26.9 Å². The number of benzene rings is 3. The molecule has 0 N–H and O–H groups in total. The van der Waals surface area contributed by atoms with Crippen molar-refractivity contribution < 1.29 is 23.7 Å². The van der Waals surface area contributed by atoms with E-state index in [-0.39, 0.29) is 24.3 Å². The van der Waals surface area contributed by atoms with Gasteiger partial charge in [-0.25, -0.2) is 9.79 Å². The van der Waals surface area contributed by atoms with Crippen molar-refractivity contribution in [3.63, 3.8) is 0 Å². The Morgan fingerprint density at radius 2 is 1.84 bits per heavy atom. The van der Waals surface area contributed by atoms with Crippen LogP contribution in [0.2, 0.25) is 0 Å². The average molecular weight is 721 g/mol. The second-order valence-electron chi connectivity index (χ2n) is 9.46. The number of aromatic nitrogens is 1. The van der Waals surface area contributed by atoms with Gasteiger partial charge in [0.1, 0.15) is 12.4 Å². The second-order valence-corrected chi connectivity index (χ2v) is 11.6. The molecular weight excluding hydrogens is 691 g/mol. The molecule has 0 amide bonds. The molecule has 0 fully saturated rings. The average Bonchev–Trinajstić information content (AvgIpc) is 3.34. The highest BCUT2D eigenvalue weighted by Gasteiger charge is 2.35. The fourth-order valence-corrected chi connectivity index (χ4v) is 6.68. The Bertz CT molecular complexity index is 1940. The molecule has 1 aromatic heterocycles. The molecule has 0 radical (unpaired) electrons. The van der Waals surface area contributed by atoms with Gasteiger partial charge in [-0.2, -0.15) is 0 Å². The molecule has 0 bridgehead atoms. The van der Waals surface area contributed by atoms with Gasteiger partial charge in [-0.3, -0.25) is 9.36 Å². The fraction of sp³-hybridized carbons (Fsp3) is 0.206. The lowest BCUT2D eigenvalue weighted by molar-refractivity contribution is -0.138. The van der Waals surface area contributed by atoms with Gasteiger partial charge in [0.25, 0.3) is 5.56 Å². The van der Waals surface area contributed by atoms with Crippen molar-refractivity contribution in [3.8, 4) is 29.6 Å². The number of esters is 1. The minimum Gasteiger partial charge on any atom is -0.494 e. The summed E-state index contributed by atoms with van der Waals surface area (Å²) in [7, 11) is 1.55. The number of carbonyl (C=O) groups excluding carboxylic acids is 1. The molecular formula is C34H29IN2O6S. The van der Waals surface area contributed by atoms with Gasteiger partial charge in [0.05, 0.1) is 45.7 Å². The van der Waals surface area contributed by atoms with Crippen LogP contribution in [0.25, 0.3) is 11.8 Å². The summed E-state index contributed by atoms with van der Waals surface area (Å²) in [6, 6.07) is 19.7. The quantitative estimate of drug-likeness (QED) is 0.131. The topological polar surface area (TPSA) is 88.4 Å². The number of hydrogen-bond donors (Lipinski definition) is 0. The smallest absolute Gasteiger partial charge is 0.338 e. The molecule has 0 unspecified atom stereocenters. The standard InChI is InChI=1S/C34H29IN2O6S/c1-5-17-43-31-25(35)18-21(19-26(31)40-4)20-27-32(38)37-30(23-13-15-24(16-14-23)41-6-2)28(33(39)42-7-3)29(36-34(37)44-27)22-11-9-8-10-12-22/h1,8-16,18-20,30H,6-7,17H2,2-4H3/b27-20-/t30-/m0/s1. The van der Waals surface area contributed by atoms with Crippen LogP contribution in [0.5, 0.6) is 17.2 Å². The van der Waals surface area contributed by atoms with E-state index in [1.165, 1.54) is 11.3 Å². The van der Waals surface area contributed by atoms with Gasteiger partial charge in [-0.15, -0.1) is 6.42 Å². The van der Waals surface area contributed by atoms with Gasteiger partial charge >= 0.3 is 5.97 Å². The van der Waals surface area contributed by atoms with Gasteiger partial charge in [-0.1, -0.05) is 59.7 Å². The van der Waals surface area contributed by atoms with E-state index in [0.717, 1.165) is 20.3 Å². The Balaban J connectivity index is 1.76. The lowest BCUT2D eigenvalue weighted by atomic mass is 9.93. The normalized spacial score (nSPS) is 14.3. The monoisotopic (exact) mass is 720 g/mol. The SMILES string of the molecule is C#CCOc1c(I)cc(/C=c2\sc3n(c2=O)[C@@H](c2ccc(OCC)cc2)C(C(=O)OCC)=C(c2ccccc2)N=3)cc1OC. The van der Waals surface area contributed by atoms with Crippen LogP contribution >= 0.6 is 33.9 Å². The van der Waals surface area contributed by atoms with Gasteiger partial charge in [-0.05, 0) is 77.9 Å². The van der Waals surface area contributed by atoms with E-state index < -0.39 is 12.0 Å². The summed E-state index contributed by atoms with van der Waals surface area (Å²) in [6.07, 6.45) is 7.16. The number of terminal acetylenes is 1. The summed E-state index contributed by atoms with van der Waals surface area (Å²) in [5.74, 6) is 3.64. The Kier molecular flexibility index (Phi) is 9.87. The van der Waals surface area contributed by atoms with E-state index in [1.807, 2.05) is 67.6 Å². The number of hydrogen-bond acceptors (Lipinski definition) is 8. The molecule has 224 valence electrons. The first-order valence-corrected chi connectivity index (χ1v) is 15.7. The van der Waals surface area contributed by atoms with Gasteiger partial charge in [0.2, 0.25) is 0 Å². The third kappa shape index (κ3) is 6.30. The Hall–Kier alpha value is -4.34. The van der Waals surface area contributed by atoms with Crippen LogP contribution in [-0.2, 0) is 9.53 Å². The number of thiazole rings is 1. The molecule has 0 saturated heterocycles. The molecule has 8 nitrogen and oxygen atoms in total. The third-order valence-electron chi connectivity index (χ3n) is 6.73. The van der Waals surface area contributed by atoms with Crippen LogP contribution in [-0.4, -0.2) is 37.5 Å². The maximum Gasteiger partial charge on any atom is 0.338 e. The number of methoxy groups -OCH3 is 1. The summed E-state index contributed by atoms with van der Waals surface area (Å²) >= 11 is 3.39. The molecule has 1 aliphatic rings. The highest BCUT2D eigenvalue weighted by molar-refractivity contribution is 14.1. The highest BCUT2D eigenvalue weighted by Crippen LogP contribution is 2.36. The number of fused-ring (bicyclic) bond motifs is 1. The first kappa shape index (κ1) is 31.1. The van der Waals surface area contributed by atoms with E-state index in [1.54, 1.807) is 30.7 Å². The first-order chi connectivity index (χ1) is 21.4.